The molecule has 1 saturated heterocycles. The summed E-state index contributed by atoms with van der Waals surface area (Å²) < 4.78 is 20.7. The molecular formula is C23H33FN4O3. The molecule has 170 valence electrons. The van der Waals surface area contributed by atoms with Crippen LogP contribution in [0, 0.1) is 5.82 Å². The molecular weight excluding hydrogens is 399 g/mol. The van der Waals surface area contributed by atoms with Gasteiger partial charge in [-0.3, -0.25) is 4.79 Å². The zero-order chi connectivity index (χ0) is 22.4. The minimum absolute atomic E-state index is 0.0222. The lowest BCUT2D eigenvalue weighted by atomic mass is 9.72. The minimum atomic E-state index is -0.401. The summed E-state index contributed by atoms with van der Waals surface area (Å²) in [5.41, 5.74) is 7.21. The number of nitrogens with two attached hydrogens (primary N) is 1. The fraction of sp³-hybridized carbons (Fsp3) is 0.565. The van der Waals surface area contributed by atoms with E-state index < -0.39 is 5.41 Å². The molecule has 0 saturated carbocycles. The predicted octanol–water partition coefficient (Wildman–Crippen LogP) is 2.22. The maximum atomic E-state index is 15.0. The fourth-order valence-electron chi connectivity index (χ4n) is 4.64. The van der Waals surface area contributed by atoms with Gasteiger partial charge in [0.05, 0.1) is 18.5 Å². The number of nitrogens with one attached hydrogen (secondary N) is 1. The predicted molar refractivity (Wildman–Crippen MR) is 118 cm³/mol. The van der Waals surface area contributed by atoms with E-state index in [0.29, 0.717) is 61.5 Å². The monoisotopic (exact) mass is 432 g/mol. The Balaban J connectivity index is 1.82. The largest absolute Gasteiger partial charge is 0.491 e. The van der Waals surface area contributed by atoms with Crippen LogP contribution in [0.1, 0.15) is 50.7 Å². The Morgan fingerprint density at radius 3 is 2.81 bits per heavy atom. The summed E-state index contributed by atoms with van der Waals surface area (Å²) in [5.74, 6) is 0.913. The van der Waals surface area contributed by atoms with Crippen molar-refractivity contribution in [2.24, 2.45) is 10.7 Å². The number of amides is 1. The van der Waals surface area contributed by atoms with Crippen molar-refractivity contribution < 1.29 is 19.0 Å². The third-order valence-corrected chi connectivity index (χ3v) is 6.32. The Hall–Kier alpha value is -2.61. The number of carbonyl (C=O) groups excluding carboxylic acids is 1. The Morgan fingerprint density at radius 1 is 1.42 bits per heavy atom. The van der Waals surface area contributed by atoms with Crippen LogP contribution >= 0.6 is 0 Å². The summed E-state index contributed by atoms with van der Waals surface area (Å²) in [6.07, 6.45) is 4.69. The van der Waals surface area contributed by atoms with Crippen LogP contribution in [0.5, 0.6) is 5.75 Å². The first-order valence-corrected chi connectivity index (χ1v) is 11.0. The third-order valence-electron chi connectivity index (χ3n) is 6.32. The molecule has 3 rings (SSSR count). The van der Waals surface area contributed by atoms with E-state index in [0.717, 1.165) is 18.5 Å². The van der Waals surface area contributed by atoms with Crippen molar-refractivity contribution in [3.8, 4) is 5.75 Å². The van der Waals surface area contributed by atoms with Crippen LogP contribution in [-0.2, 0) is 16.6 Å². The van der Waals surface area contributed by atoms with E-state index in [1.54, 1.807) is 6.07 Å². The molecule has 7 nitrogen and oxygen atoms in total. The topological polar surface area (TPSA) is 100 Å². The summed E-state index contributed by atoms with van der Waals surface area (Å²) in [5, 5.41) is 12.2. The average Bonchev–Trinajstić information content (AvgIpc) is 2.78. The molecule has 8 heteroatoms. The molecule has 4 N–H and O–H groups in total. The molecule has 0 radical (unpaired) electrons. The quantitative estimate of drug-likeness (QED) is 0.453. The number of aliphatic hydroxyl groups is 1. The van der Waals surface area contributed by atoms with Crippen molar-refractivity contribution in [1.82, 2.24) is 10.2 Å². The first-order chi connectivity index (χ1) is 14.9. The van der Waals surface area contributed by atoms with Crippen molar-refractivity contribution >= 4 is 12.2 Å². The van der Waals surface area contributed by atoms with Gasteiger partial charge in [0.25, 0.3) is 5.91 Å². The molecule has 0 spiro atoms. The maximum Gasteiger partial charge on any atom is 0.253 e. The zero-order valence-electron chi connectivity index (χ0n) is 18.4. The first-order valence-electron chi connectivity index (χ1n) is 11.0. The van der Waals surface area contributed by atoms with Gasteiger partial charge in [-0.25, -0.2) is 9.38 Å². The molecule has 2 heterocycles. The van der Waals surface area contributed by atoms with Crippen molar-refractivity contribution in [3.63, 3.8) is 0 Å². The number of hydrogen-bond donors (Lipinski definition) is 3. The highest BCUT2D eigenvalue weighted by molar-refractivity contribution is 5.94. The Labute approximate surface area is 183 Å². The van der Waals surface area contributed by atoms with Gasteiger partial charge in [0, 0.05) is 30.8 Å². The highest BCUT2D eigenvalue weighted by atomic mass is 19.1. The maximum absolute atomic E-state index is 15.0. The van der Waals surface area contributed by atoms with Gasteiger partial charge in [-0.15, -0.1) is 0 Å². The number of benzene rings is 1. The Morgan fingerprint density at radius 2 is 2.16 bits per heavy atom. The number of piperidine rings is 1. The Bertz CT molecular complexity index is 861. The van der Waals surface area contributed by atoms with Gasteiger partial charge >= 0.3 is 0 Å². The zero-order valence-corrected chi connectivity index (χ0v) is 18.4. The molecule has 2 aliphatic heterocycles. The summed E-state index contributed by atoms with van der Waals surface area (Å²) in [6, 6.07) is 3.08. The molecule has 2 aliphatic rings. The second kappa shape index (κ2) is 10.1. The van der Waals surface area contributed by atoms with Crippen LogP contribution in [0.15, 0.2) is 28.5 Å². The minimum Gasteiger partial charge on any atom is -0.491 e. The number of aliphatic imine (C=N–C) groups is 1. The summed E-state index contributed by atoms with van der Waals surface area (Å²) in [7, 11) is 0. The number of likely N-dealkylation sites (tertiary alicyclic amines) is 1. The van der Waals surface area contributed by atoms with Crippen LogP contribution < -0.4 is 15.8 Å². The second-order valence-electron chi connectivity index (χ2n) is 8.31. The van der Waals surface area contributed by atoms with E-state index in [2.05, 4.69) is 17.2 Å². The molecule has 0 bridgehead atoms. The highest BCUT2D eigenvalue weighted by Crippen LogP contribution is 2.42. The molecule has 1 aromatic carbocycles. The van der Waals surface area contributed by atoms with Gasteiger partial charge in [-0.2, -0.15) is 0 Å². The van der Waals surface area contributed by atoms with Gasteiger partial charge < -0.3 is 25.8 Å². The van der Waals surface area contributed by atoms with E-state index in [1.807, 2.05) is 11.8 Å². The van der Waals surface area contributed by atoms with Crippen molar-refractivity contribution in [2.75, 3.05) is 32.8 Å². The second-order valence-corrected chi connectivity index (χ2v) is 8.31. The number of ether oxygens (including phenoxy) is 1. The van der Waals surface area contributed by atoms with Crippen LogP contribution in [0.25, 0.3) is 0 Å². The van der Waals surface area contributed by atoms with Gasteiger partial charge in [-0.1, -0.05) is 13.8 Å². The SMILES string of the molecule is CCc1c(OCCO)ccc(F)c1C1(C)CCN(C(=O)C2=C(/N=C\N)NCCC2)CC1. The number of rotatable bonds is 7. The van der Waals surface area contributed by atoms with Gasteiger partial charge in [0.2, 0.25) is 0 Å². The van der Waals surface area contributed by atoms with Gasteiger partial charge in [-0.05, 0) is 49.7 Å². The summed E-state index contributed by atoms with van der Waals surface area (Å²) in [6.45, 7) is 5.99. The standard InChI is InChI=1S/C23H33FN4O3/c1-3-16-19(31-14-13-29)7-6-18(24)20(16)23(2)8-11-28(12-9-23)22(30)17-5-4-10-26-21(17)27-15-25/h6-7,15,26,29H,3-5,8-14H2,1-2H3,(H2,25,27). The van der Waals surface area contributed by atoms with E-state index in [-0.39, 0.29) is 24.9 Å². The number of aliphatic hydroxyl groups excluding tert-OH is 1. The molecule has 0 unspecified atom stereocenters. The van der Waals surface area contributed by atoms with Gasteiger partial charge in [0.1, 0.15) is 24.0 Å². The highest BCUT2D eigenvalue weighted by Gasteiger charge is 2.38. The Kier molecular flexibility index (Phi) is 7.54. The smallest absolute Gasteiger partial charge is 0.253 e. The van der Waals surface area contributed by atoms with E-state index in [4.69, 9.17) is 15.6 Å². The lowest BCUT2D eigenvalue weighted by Gasteiger charge is -2.41. The summed E-state index contributed by atoms with van der Waals surface area (Å²) >= 11 is 0. The first kappa shape index (κ1) is 23.1. The van der Waals surface area contributed by atoms with Crippen LogP contribution in [0.3, 0.4) is 0 Å². The molecule has 1 fully saturated rings. The van der Waals surface area contributed by atoms with Crippen LogP contribution in [-0.4, -0.2) is 55.1 Å². The number of hydrogen-bond acceptors (Lipinski definition) is 5. The summed E-state index contributed by atoms with van der Waals surface area (Å²) in [4.78, 5) is 19.1. The lowest BCUT2D eigenvalue weighted by Crippen LogP contribution is -2.46. The molecule has 0 aliphatic carbocycles. The third kappa shape index (κ3) is 4.84. The molecule has 0 atom stereocenters. The van der Waals surface area contributed by atoms with Crippen molar-refractivity contribution in [3.05, 3.63) is 40.5 Å². The number of carbonyl (C=O) groups is 1. The van der Waals surface area contributed by atoms with Crippen molar-refractivity contribution in [1.29, 1.82) is 0 Å². The van der Waals surface area contributed by atoms with E-state index >= 15 is 4.39 Å². The molecule has 1 amide bonds. The van der Waals surface area contributed by atoms with E-state index in [9.17, 15) is 4.79 Å². The van der Waals surface area contributed by atoms with Crippen LogP contribution in [0.4, 0.5) is 4.39 Å². The van der Waals surface area contributed by atoms with Crippen LogP contribution in [0.2, 0.25) is 0 Å². The lowest BCUT2D eigenvalue weighted by molar-refractivity contribution is -0.129. The average molecular weight is 433 g/mol. The molecule has 0 aromatic heterocycles. The number of nitrogens with zero attached hydrogens (tertiary/aromatic N) is 2. The normalized spacial score (nSPS) is 18.9. The van der Waals surface area contributed by atoms with Crippen molar-refractivity contribution in [2.45, 2.75) is 51.4 Å². The van der Waals surface area contributed by atoms with E-state index in [1.165, 1.54) is 12.4 Å². The fourth-order valence-corrected chi connectivity index (χ4v) is 4.64. The molecule has 31 heavy (non-hydrogen) atoms. The van der Waals surface area contributed by atoms with Gasteiger partial charge in [0.15, 0.2) is 0 Å². The molecule has 1 aromatic rings. The number of halogens is 1.